The number of nitrogens with zero attached hydrogens (tertiary/aromatic N) is 3. The number of morpholine rings is 1. The van der Waals surface area contributed by atoms with Crippen LogP contribution < -0.4 is 0 Å². The molecule has 1 fully saturated rings. The van der Waals surface area contributed by atoms with Crippen LogP contribution in [-0.2, 0) is 21.1 Å². The van der Waals surface area contributed by atoms with E-state index in [1.165, 1.54) is 18.2 Å². The zero-order valence-corrected chi connectivity index (χ0v) is 22.1. The molecule has 2 aliphatic rings. The van der Waals surface area contributed by atoms with Crippen molar-refractivity contribution in [3.05, 3.63) is 76.0 Å². The maximum absolute atomic E-state index is 13.9. The molecule has 0 radical (unpaired) electrons. The molecule has 40 heavy (non-hydrogen) atoms. The van der Waals surface area contributed by atoms with E-state index < -0.39 is 39.6 Å². The number of amides is 1. The molecule has 1 aliphatic carbocycles. The van der Waals surface area contributed by atoms with Gasteiger partial charge in [-0.05, 0) is 50.5 Å². The first-order valence-corrected chi connectivity index (χ1v) is 13.0. The van der Waals surface area contributed by atoms with E-state index >= 15 is 0 Å². The van der Waals surface area contributed by atoms with E-state index in [0.717, 1.165) is 22.9 Å². The van der Waals surface area contributed by atoms with Crippen molar-refractivity contribution in [1.29, 1.82) is 0 Å². The van der Waals surface area contributed by atoms with Gasteiger partial charge in [-0.25, -0.2) is 0 Å². The molecule has 1 saturated heterocycles. The Kier molecular flexibility index (Phi) is 7.22. The second-order valence-electron chi connectivity index (χ2n) is 9.99. The number of ether oxygens (including phenoxy) is 1. The van der Waals surface area contributed by atoms with Crippen molar-refractivity contribution in [1.82, 2.24) is 14.7 Å². The van der Waals surface area contributed by atoms with Crippen molar-refractivity contribution >= 4 is 40.3 Å². The molecule has 5 rings (SSSR count). The number of carbonyl (C=O) groups excluding carboxylic acids is 2. The highest BCUT2D eigenvalue weighted by atomic mass is 35.5. The van der Waals surface area contributed by atoms with Crippen LogP contribution in [-0.4, -0.2) is 63.4 Å². The first kappa shape index (κ1) is 27.9. The van der Waals surface area contributed by atoms with Gasteiger partial charge in [-0.1, -0.05) is 35.9 Å². The van der Waals surface area contributed by atoms with Gasteiger partial charge >= 0.3 is 12.1 Å². The second-order valence-corrected chi connectivity index (χ2v) is 10.4. The Morgan fingerprint density at radius 3 is 2.58 bits per heavy atom. The van der Waals surface area contributed by atoms with Gasteiger partial charge in [-0.15, -0.1) is 0 Å². The standard InChI is InChI=1S/C28H25ClF3N3O5/c1-16-15-34(12-13-40-16)24(36)17-8-9-18-21(14-17)35(33-23(18)27(26(38)39)10-3-2-4-11-27)25(37)22-19(28(30,31)32)6-5-7-20(22)29/h2-3,5-9,14,16H,4,10-13,15H2,1H3,(H,38,39). The molecule has 1 aliphatic heterocycles. The zero-order chi connectivity index (χ0) is 28.8. The van der Waals surface area contributed by atoms with E-state index in [4.69, 9.17) is 16.3 Å². The zero-order valence-electron chi connectivity index (χ0n) is 21.4. The van der Waals surface area contributed by atoms with E-state index in [1.807, 2.05) is 13.0 Å². The number of halogens is 4. The molecule has 1 aromatic heterocycles. The monoisotopic (exact) mass is 575 g/mol. The maximum atomic E-state index is 13.9. The second kappa shape index (κ2) is 10.4. The van der Waals surface area contributed by atoms with Gasteiger partial charge in [-0.2, -0.15) is 23.0 Å². The van der Waals surface area contributed by atoms with Gasteiger partial charge < -0.3 is 14.7 Å². The quantitative estimate of drug-likeness (QED) is 0.423. The van der Waals surface area contributed by atoms with Gasteiger partial charge in [0.05, 0.1) is 40.1 Å². The predicted molar refractivity (Wildman–Crippen MR) is 140 cm³/mol. The summed E-state index contributed by atoms with van der Waals surface area (Å²) in [6.07, 6.45) is -0.853. The molecule has 1 N–H and O–H groups in total. The largest absolute Gasteiger partial charge is 0.481 e. The van der Waals surface area contributed by atoms with E-state index in [1.54, 1.807) is 11.0 Å². The van der Waals surface area contributed by atoms with Gasteiger partial charge in [0.1, 0.15) is 5.41 Å². The Bertz CT molecular complexity index is 1550. The number of aliphatic carboxylic acids is 1. The minimum atomic E-state index is -4.90. The van der Waals surface area contributed by atoms with Crippen molar-refractivity contribution < 1.29 is 37.4 Å². The number of aromatic nitrogens is 2. The van der Waals surface area contributed by atoms with Crippen LogP contribution in [0.5, 0.6) is 0 Å². The van der Waals surface area contributed by atoms with Crippen LogP contribution in [0, 0.1) is 0 Å². The Hall–Kier alpha value is -3.70. The fraction of sp³-hybridized carbons (Fsp3) is 0.357. The molecule has 0 bridgehead atoms. The third-order valence-electron chi connectivity index (χ3n) is 7.41. The summed E-state index contributed by atoms with van der Waals surface area (Å²) in [5.74, 6) is -2.72. The summed E-state index contributed by atoms with van der Waals surface area (Å²) in [5.41, 5.74) is -3.37. The summed E-state index contributed by atoms with van der Waals surface area (Å²) in [6.45, 7) is 2.85. The highest BCUT2D eigenvalue weighted by molar-refractivity contribution is 6.34. The normalized spacial score (nSPS) is 21.5. The highest BCUT2D eigenvalue weighted by Gasteiger charge is 2.45. The fourth-order valence-corrected chi connectivity index (χ4v) is 5.63. The number of hydrogen-bond donors (Lipinski definition) is 1. The number of allylic oxidation sites excluding steroid dienone is 2. The Balaban J connectivity index is 1.73. The molecule has 2 unspecified atom stereocenters. The molecular weight excluding hydrogens is 551 g/mol. The Morgan fingerprint density at radius 1 is 1.15 bits per heavy atom. The van der Waals surface area contributed by atoms with E-state index in [2.05, 4.69) is 5.10 Å². The molecule has 1 amide bonds. The predicted octanol–water partition coefficient (Wildman–Crippen LogP) is 5.32. The van der Waals surface area contributed by atoms with Gasteiger partial charge in [0, 0.05) is 24.0 Å². The van der Waals surface area contributed by atoms with Crippen LogP contribution in [0.1, 0.15) is 58.2 Å². The van der Waals surface area contributed by atoms with Crippen LogP contribution in [0.4, 0.5) is 13.2 Å². The first-order valence-electron chi connectivity index (χ1n) is 12.7. The van der Waals surface area contributed by atoms with E-state index in [0.29, 0.717) is 26.1 Å². The van der Waals surface area contributed by atoms with Crippen LogP contribution in [0.3, 0.4) is 0 Å². The van der Waals surface area contributed by atoms with Gasteiger partial charge in [0.25, 0.3) is 11.8 Å². The van der Waals surface area contributed by atoms with Crippen LogP contribution in [0.2, 0.25) is 5.02 Å². The number of carbonyl (C=O) groups is 3. The topological polar surface area (TPSA) is 102 Å². The first-order chi connectivity index (χ1) is 18.9. The number of carboxylic acid groups (broad SMARTS) is 1. The number of fused-ring (bicyclic) bond motifs is 1. The van der Waals surface area contributed by atoms with Gasteiger partial charge in [-0.3, -0.25) is 14.4 Å². The lowest BCUT2D eigenvalue weighted by Crippen LogP contribution is -2.44. The summed E-state index contributed by atoms with van der Waals surface area (Å²) in [6, 6.07) is 7.36. The lowest BCUT2D eigenvalue weighted by atomic mass is 9.73. The van der Waals surface area contributed by atoms with Gasteiger partial charge in [0.2, 0.25) is 0 Å². The smallest absolute Gasteiger partial charge is 0.417 e. The maximum Gasteiger partial charge on any atom is 0.417 e. The summed E-state index contributed by atoms with van der Waals surface area (Å²) < 4.78 is 47.9. The SMILES string of the molecule is CC1CN(C(=O)c2ccc3c(C4(C(=O)O)CC=CCC4)nn(C(=O)c4c(Cl)cccc4C(F)(F)F)c3c2)CCO1. The summed E-state index contributed by atoms with van der Waals surface area (Å²) in [5, 5.41) is 14.5. The van der Waals surface area contributed by atoms with Crippen molar-refractivity contribution in [3.8, 4) is 0 Å². The molecule has 8 nitrogen and oxygen atoms in total. The van der Waals surface area contributed by atoms with Crippen molar-refractivity contribution in [2.75, 3.05) is 19.7 Å². The summed E-state index contributed by atoms with van der Waals surface area (Å²) in [7, 11) is 0. The number of benzene rings is 2. The Morgan fingerprint density at radius 2 is 1.93 bits per heavy atom. The molecule has 2 heterocycles. The van der Waals surface area contributed by atoms with Crippen molar-refractivity contribution in [2.45, 2.75) is 43.9 Å². The molecule has 210 valence electrons. The molecule has 0 saturated carbocycles. The van der Waals surface area contributed by atoms with Crippen molar-refractivity contribution in [3.63, 3.8) is 0 Å². The van der Waals surface area contributed by atoms with Crippen LogP contribution >= 0.6 is 11.6 Å². The molecule has 2 atom stereocenters. The summed E-state index contributed by atoms with van der Waals surface area (Å²) in [4.78, 5) is 41.3. The van der Waals surface area contributed by atoms with Crippen LogP contribution in [0.15, 0.2) is 48.6 Å². The molecule has 3 aromatic rings. The average molecular weight is 576 g/mol. The van der Waals surface area contributed by atoms with E-state index in [9.17, 15) is 32.7 Å². The third-order valence-corrected chi connectivity index (χ3v) is 7.73. The lowest BCUT2D eigenvalue weighted by Gasteiger charge is -2.31. The summed E-state index contributed by atoms with van der Waals surface area (Å²) >= 11 is 6.12. The number of rotatable bonds is 4. The fourth-order valence-electron chi connectivity index (χ4n) is 5.37. The van der Waals surface area contributed by atoms with E-state index in [-0.39, 0.29) is 47.0 Å². The number of alkyl halides is 3. The van der Waals surface area contributed by atoms with Crippen LogP contribution in [0.25, 0.3) is 10.9 Å². The minimum Gasteiger partial charge on any atom is -0.481 e. The Labute approximate surface area is 232 Å². The molecule has 0 spiro atoms. The molecular formula is C28H25ClF3N3O5. The molecule has 2 aromatic carbocycles. The number of hydrogen-bond acceptors (Lipinski definition) is 5. The number of carboxylic acids is 1. The lowest BCUT2D eigenvalue weighted by molar-refractivity contribution is -0.144. The average Bonchev–Trinajstić information content (AvgIpc) is 3.31. The minimum absolute atomic E-state index is 0.00961. The molecule has 12 heteroatoms. The highest BCUT2D eigenvalue weighted by Crippen LogP contribution is 2.41. The third kappa shape index (κ3) is 4.77. The van der Waals surface area contributed by atoms with Gasteiger partial charge in [0.15, 0.2) is 0 Å². The van der Waals surface area contributed by atoms with Crippen molar-refractivity contribution in [2.24, 2.45) is 0 Å².